The van der Waals surface area contributed by atoms with Crippen molar-refractivity contribution < 1.29 is 47.7 Å². The Morgan fingerprint density at radius 3 is 1.65 bits per heavy atom. The topological polar surface area (TPSA) is 167 Å². The lowest BCUT2D eigenvalue weighted by Gasteiger charge is -2.32. The van der Waals surface area contributed by atoms with Gasteiger partial charge < -0.3 is 29.4 Å². The molecule has 224 valence electrons. The molecule has 14 heteroatoms. The van der Waals surface area contributed by atoms with E-state index >= 15 is 0 Å². The maximum atomic E-state index is 12.8. The highest BCUT2D eigenvalue weighted by Gasteiger charge is 2.30. The number of ether oxygens (including phenoxy) is 5. The Kier molecular flexibility index (Phi) is 15.9. The normalized spacial score (nSPS) is 11.7. The minimum atomic E-state index is -0.860. The molecule has 0 fully saturated rings. The van der Waals surface area contributed by atoms with Gasteiger partial charge in [0, 0.05) is 31.9 Å². The molecular formula is C26H40N4O10. The summed E-state index contributed by atoms with van der Waals surface area (Å²) in [6, 6.07) is 6.16. The van der Waals surface area contributed by atoms with Gasteiger partial charge in [0.05, 0.1) is 61.7 Å². The van der Waals surface area contributed by atoms with Crippen molar-refractivity contribution in [1.29, 1.82) is 0 Å². The minimum Gasteiger partial charge on any atom is -0.468 e. The quantitative estimate of drug-likeness (QED) is 0.129. The van der Waals surface area contributed by atoms with Gasteiger partial charge >= 0.3 is 29.8 Å². The zero-order valence-electron chi connectivity index (χ0n) is 23.8. The van der Waals surface area contributed by atoms with Gasteiger partial charge in [0.1, 0.15) is 6.04 Å². The Morgan fingerprint density at radius 2 is 1.15 bits per heavy atom. The molecule has 0 aliphatic carbocycles. The second-order valence-corrected chi connectivity index (χ2v) is 8.75. The maximum absolute atomic E-state index is 12.8. The maximum Gasteiger partial charge on any atom is 0.323 e. The van der Waals surface area contributed by atoms with Gasteiger partial charge in [-0.05, 0) is 24.1 Å². The third-order valence-electron chi connectivity index (χ3n) is 6.03. The third kappa shape index (κ3) is 12.9. The average molecular weight is 569 g/mol. The predicted octanol–water partition coefficient (Wildman–Crippen LogP) is -1.05. The number of methoxy groups -OCH3 is 5. The summed E-state index contributed by atoms with van der Waals surface area (Å²) >= 11 is 0. The van der Waals surface area contributed by atoms with E-state index in [0.717, 1.165) is 5.56 Å². The summed E-state index contributed by atoms with van der Waals surface area (Å²) in [5.74, 6) is -2.74. The van der Waals surface area contributed by atoms with Crippen molar-refractivity contribution in [3.05, 3.63) is 29.8 Å². The summed E-state index contributed by atoms with van der Waals surface area (Å²) in [7, 11) is 6.22. The smallest absolute Gasteiger partial charge is 0.323 e. The fourth-order valence-corrected chi connectivity index (χ4v) is 3.79. The van der Waals surface area contributed by atoms with Crippen LogP contribution in [0.4, 0.5) is 5.69 Å². The number of esters is 5. The summed E-state index contributed by atoms with van der Waals surface area (Å²) in [6.45, 7) is 0.109. The highest BCUT2D eigenvalue weighted by atomic mass is 16.5. The Labute approximate surface area is 234 Å². The molecule has 0 aliphatic heterocycles. The van der Waals surface area contributed by atoms with Crippen LogP contribution in [0.15, 0.2) is 24.3 Å². The third-order valence-corrected chi connectivity index (χ3v) is 6.03. The van der Waals surface area contributed by atoms with E-state index in [0.29, 0.717) is 5.69 Å². The number of carbonyl (C=O) groups excluding carboxylic acids is 5. The first kappa shape index (κ1) is 34.3. The molecule has 40 heavy (non-hydrogen) atoms. The van der Waals surface area contributed by atoms with Crippen LogP contribution in [0.3, 0.4) is 0 Å². The highest BCUT2D eigenvalue weighted by molar-refractivity contribution is 5.78. The summed E-state index contributed by atoms with van der Waals surface area (Å²) < 4.78 is 24.1. The molecule has 1 atom stereocenters. The molecule has 0 aliphatic rings. The van der Waals surface area contributed by atoms with E-state index in [2.05, 4.69) is 0 Å². The van der Waals surface area contributed by atoms with Crippen LogP contribution in [0.1, 0.15) is 5.56 Å². The van der Waals surface area contributed by atoms with Gasteiger partial charge in [-0.15, -0.1) is 0 Å². The fourth-order valence-electron chi connectivity index (χ4n) is 3.79. The molecule has 0 saturated heterocycles. The molecule has 1 rings (SSSR count). The summed E-state index contributed by atoms with van der Waals surface area (Å²) in [5.41, 5.74) is 7.18. The fraction of sp³-hybridized carbons (Fsp3) is 0.577. The van der Waals surface area contributed by atoms with Crippen LogP contribution in [-0.4, -0.2) is 138 Å². The van der Waals surface area contributed by atoms with Crippen molar-refractivity contribution >= 4 is 35.5 Å². The van der Waals surface area contributed by atoms with Crippen LogP contribution >= 0.6 is 0 Å². The predicted molar refractivity (Wildman–Crippen MR) is 143 cm³/mol. The number of anilines is 1. The first-order valence-electron chi connectivity index (χ1n) is 12.4. The Morgan fingerprint density at radius 1 is 0.675 bits per heavy atom. The van der Waals surface area contributed by atoms with Crippen molar-refractivity contribution in [3.8, 4) is 0 Å². The number of nitrogens with two attached hydrogens (primary N) is 1. The van der Waals surface area contributed by atoms with Crippen LogP contribution in [0, 0.1) is 0 Å². The molecule has 0 amide bonds. The molecule has 0 spiro atoms. The average Bonchev–Trinajstić information content (AvgIpc) is 2.95. The molecule has 0 aromatic heterocycles. The van der Waals surface area contributed by atoms with E-state index in [4.69, 9.17) is 29.4 Å². The molecule has 14 nitrogen and oxygen atoms in total. The number of nitrogen functional groups attached to an aromatic ring is 1. The molecular weight excluding hydrogens is 528 g/mol. The van der Waals surface area contributed by atoms with Crippen molar-refractivity contribution in [3.63, 3.8) is 0 Å². The van der Waals surface area contributed by atoms with Gasteiger partial charge in [0.2, 0.25) is 0 Å². The standard InChI is InChI=1S/C26H40N4O10/c1-36-22(31)15-28(9-10-29(16-23(32)37-2)17-24(33)38-3)11-12-30(18-25(34)39-4)21(26(35)40-5)14-19-7-6-8-20(27)13-19/h6-8,13,21H,9-12,14-18,27H2,1-5H3. The molecule has 1 aromatic carbocycles. The van der Waals surface area contributed by atoms with Gasteiger partial charge in [0.25, 0.3) is 0 Å². The number of hydrogen-bond acceptors (Lipinski definition) is 14. The molecule has 2 N–H and O–H groups in total. The van der Waals surface area contributed by atoms with E-state index in [-0.39, 0.29) is 58.8 Å². The van der Waals surface area contributed by atoms with E-state index in [1.165, 1.54) is 40.4 Å². The van der Waals surface area contributed by atoms with Crippen LogP contribution in [0.2, 0.25) is 0 Å². The highest BCUT2D eigenvalue weighted by Crippen LogP contribution is 2.14. The van der Waals surface area contributed by atoms with Crippen LogP contribution in [-0.2, 0) is 54.1 Å². The van der Waals surface area contributed by atoms with Crippen molar-refractivity contribution in [2.24, 2.45) is 0 Å². The molecule has 0 saturated carbocycles. The van der Waals surface area contributed by atoms with Gasteiger partial charge in [-0.1, -0.05) is 12.1 Å². The summed E-state index contributed by atoms with van der Waals surface area (Å²) in [6.07, 6.45) is 0.206. The van der Waals surface area contributed by atoms with Gasteiger partial charge in [-0.25, -0.2) is 0 Å². The van der Waals surface area contributed by atoms with Gasteiger partial charge in [0.15, 0.2) is 0 Å². The second kappa shape index (κ2) is 18.5. The Balaban J connectivity index is 3.15. The van der Waals surface area contributed by atoms with Crippen LogP contribution < -0.4 is 5.73 Å². The monoisotopic (exact) mass is 568 g/mol. The second-order valence-electron chi connectivity index (χ2n) is 8.75. The zero-order chi connectivity index (χ0) is 30.1. The van der Waals surface area contributed by atoms with E-state index in [9.17, 15) is 24.0 Å². The van der Waals surface area contributed by atoms with E-state index in [1.807, 2.05) is 6.07 Å². The molecule has 1 unspecified atom stereocenters. The summed E-state index contributed by atoms with van der Waals surface area (Å²) in [4.78, 5) is 65.8. The Hall–Kier alpha value is -3.75. The number of carbonyl (C=O) groups is 5. The number of rotatable bonds is 18. The zero-order valence-corrected chi connectivity index (χ0v) is 23.8. The van der Waals surface area contributed by atoms with Crippen LogP contribution in [0.25, 0.3) is 0 Å². The molecule has 0 bridgehead atoms. The summed E-state index contributed by atoms with van der Waals surface area (Å²) in [5, 5.41) is 0. The van der Waals surface area contributed by atoms with Crippen molar-refractivity contribution in [2.75, 3.05) is 93.6 Å². The lowest BCUT2D eigenvalue weighted by Crippen LogP contribution is -2.50. The largest absolute Gasteiger partial charge is 0.468 e. The minimum absolute atomic E-state index is 0.120. The van der Waals surface area contributed by atoms with Crippen molar-refractivity contribution in [2.45, 2.75) is 12.5 Å². The lowest BCUT2D eigenvalue weighted by molar-refractivity contribution is -0.151. The first-order valence-corrected chi connectivity index (χ1v) is 12.4. The van der Waals surface area contributed by atoms with Gasteiger partial charge in [-0.2, -0.15) is 0 Å². The number of hydrogen-bond donors (Lipinski definition) is 1. The van der Waals surface area contributed by atoms with E-state index in [1.54, 1.807) is 28.0 Å². The van der Waals surface area contributed by atoms with Crippen molar-refractivity contribution in [1.82, 2.24) is 14.7 Å². The number of nitrogens with zero attached hydrogens (tertiary/aromatic N) is 3. The first-order chi connectivity index (χ1) is 19.1. The van der Waals surface area contributed by atoms with Gasteiger partial charge in [-0.3, -0.25) is 38.7 Å². The molecule has 0 radical (unpaired) electrons. The lowest BCUT2D eigenvalue weighted by atomic mass is 10.0. The SMILES string of the molecule is COC(=O)CN(CCN(CC(=O)OC)CC(=O)OC)CCN(CC(=O)OC)C(Cc1cccc(N)c1)C(=O)OC. The van der Waals surface area contributed by atoms with E-state index < -0.39 is 35.9 Å². The molecule has 1 aromatic rings. The Bertz CT molecular complexity index is 972. The number of benzene rings is 1. The van der Waals surface area contributed by atoms with Crippen LogP contribution in [0.5, 0.6) is 0 Å². The molecule has 0 heterocycles.